The Hall–Kier alpha value is -3.49. The van der Waals surface area contributed by atoms with Crippen molar-refractivity contribution in [2.45, 2.75) is 32.4 Å². The highest BCUT2D eigenvalue weighted by Gasteiger charge is 2.41. The second-order valence-electron chi connectivity index (χ2n) is 9.22. The molecule has 3 heterocycles. The van der Waals surface area contributed by atoms with E-state index >= 15 is 0 Å². The minimum absolute atomic E-state index is 0.0418. The average molecular weight is 575 g/mol. The van der Waals surface area contributed by atoms with E-state index in [1.165, 1.54) is 0 Å². The molecule has 2 aromatic heterocycles. The molecule has 4 aromatic rings. The lowest BCUT2D eigenvalue weighted by atomic mass is 10.0. The second kappa shape index (κ2) is 10.9. The molecular weight excluding hydrogens is 546 g/mol. The van der Waals surface area contributed by atoms with Gasteiger partial charge in [-0.25, -0.2) is 0 Å². The molecule has 0 unspecified atom stereocenters. The highest BCUT2D eigenvalue weighted by molar-refractivity contribution is 9.10. The molecule has 1 aliphatic rings. The zero-order valence-electron chi connectivity index (χ0n) is 20.7. The molecule has 1 fully saturated rings. The monoisotopic (exact) mass is 573 g/mol. The number of carbonyl (C=O) groups is 1. The molecular formula is C29H28BrN5OS. The van der Waals surface area contributed by atoms with Crippen LogP contribution in [0.2, 0.25) is 0 Å². The van der Waals surface area contributed by atoms with Gasteiger partial charge in [-0.05, 0) is 91.8 Å². The number of anilines is 1. The lowest BCUT2D eigenvalue weighted by Crippen LogP contribution is -2.33. The quantitative estimate of drug-likeness (QED) is 0.256. The van der Waals surface area contributed by atoms with E-state index in [0.717, 1.165) is 38.4 Å². The molecule has 8 heteroatoms. The number of hydrogen-bond donors (Lipinski definition) is 2. The van der Waals surface area contributed by atoms with Crippen molar-refractivity contribution in [3.8, 4) is 5.69 Å². The van der Waals surface area contributed by atoms with Crippen LogP contribution in [0.25, 0.3) is 5.69 Å². The molecule has 0 bridgehead atoms. The van der Waals surface area contributed by atoms with Crippen LogP contribution < -0.4 is 10.6 Å². The summed E-state index contributed by atoms with van der Waals surface area (Å²) in [6, 6.07) is 24.0. The molecule has 2 atom stereocenters. The van der Waals surface area contributed by atoms with E-state index in [0.29, 0.717) is 18.1 Å². The van der Waals surface area contributed by atoms with Crippen LogP contribution in [0.15, 0.2) is 89.7 Å². The SMILES string of the molecule is Cc1ccc(C)c(NC(=O)CCN2C(=S)N[C@H](c3ccccn3)[C@H]2c2cccn2-c2ccc(Br)cc2)c1. The molecule has 2 N–H and O–H groups in total. The molecule has 6 nitrogen and oxygen atoms in total. The summed E-state index contributed by atoms with van der Waals surface area (Å²) in [5, 5.41) is 7.17. The molecule has 1 saturated heterocycles. The molecule has 0 saturated carbocycles. The summed E-state index contributed by atoms with van der Waals surface area (Å²) in [4.78, 5) is 19.7. The standard InChI is InChI=1S/C29H28BrN5OS/c1-19-8-9-20(2)24(18-19)32-26(36)14-17-35-28(27(33-29(35)37)23-6-3-4-15-31-23)25-7-5-16-34(25)22-12-10-21(30)11-13-22/h3-13,15-16,18,27-28H,14,17H2,1-2H3,(H,32,36)(H,33,37)/t27-,28-/m1/s1. The summed E-state index contributed by atoms with van der Waals surface area (Å²) >= 11 is 9.33. The number of thiocarbonyl (C=S) groups is 1. The normalized spacial score (nSPS) is 17.1. The Morgan fingerprint density at radius 2 is 1.89 bits per heavy atom. The van der Waals surface area contributed by atoms with Gasteiger partial charge in [-0.2, -0.15) is 0 Å². The van der Waals surface area contributed by atoms with E-state index in [1.54, 1.807) is 6.20 Å². The highest BCUT2D eigenvalue weighted by atomic mass is 79.9. The van der Waals surface area contributed by atoms with Gasteiger partial charge in [0, 0.05) is 46.9 Å². The van der Waals surface area contributed by atoms with Crippen LogP contribution in [-0.4, -0.2) is 32.0 Å². The number of rotatable bonds is 7. The van der Waals surface area contributed by atoms with Crippen LogP contribution in [0.4, 0.5) is 5.69 Å². The zero-order valence-corrected chi connectivity index (χ0v) is 23.1. The number of nitrogens with one attached hydrogen (secondary N) is 2. The van der Waals surface area contributed by atoms with Gasteiger partial charge in [-0.15, -0.1) is 0 Å². The maximum Gasteiger partial charge on any atom is 0.226 e. The first-order valence-electron chi connectivity index (χ1n) is 12.2. The first-order chi connectivity index (χ1) is 17.9. The van der Waals surface area contributed by atoms with Crippen molar-refractivity contribution in [1.29, 1.82) is 0 Å². The highest BCUT2D eigenvalue weighted by Crippen LogP contribution is 2.39. The number of hydrogen-bond acceptors (Lipinski definition) is 3. The predicted molar refractivity (Wildman–Crippen MR) is 155 cm³/mol. The molecule has 0 spiro atoms. The van der Waals surface area contributed by atoms with Crippen molar-refractivity contribution in [3.63, 3.8) is 0 Å². The van der Waals surface area contributed by atoms with E-state index in [1.807, 2.05) is 68.4 Å². The van der Waals surface area contributed by atoms with Gasteiger partial charge >= 0.3 is 0 Å². The van der Waals surface area contributed by atoms with Crippen LogP contribution >= 0.6 is 28.1 Å². The molecule has 5 rings (SSSR count). The molecule has 37 heavy (non-hydrogen) atoms. The number of pyridine rings is 1. The number of nitrogens with zero attached hydrogens (tertiary/aromatic N) is 3. The molecule has 0 radical (unpaired) electrons. The van der Waals surface area contributed by atoms with Crippen LogP contribution in [0.1, 0.15) is 41.0 Å². The van der Waals surface area contributed by atoms with Crippen molar-refractivity contribution < 1.29 is 4.79 Å². The second-order valence-corrected chi connectivity index (χ2v) is 10.5. The number of carbonyl (C=O) groups excluding carboxylic acids is 1. The Kier molecular flexibility index (Phi) is 7.39. The van der Waals surface area contributed by atoms with Crippen LogP contribution in [0.5, 0.6) is 0 Å². The Morgan fingerprint density at radius 3 is 2.65 bits per heavy atom. The molecule has 1 amide bonds. The third kappa shape index (κ3) is 5.45. The number of benzene rings is 2. The number of halogens is 1. The fourth-order valence-corrected chi connectivity index (χ4v) is 5.34. The van der Waals surface area contributed by atoms with Crippen LogP contribution in [0, 0.1) is 13.8 Å². The third-order valence-corrected chi connectivity index (χ3v) is 7.51. The summed E-state index contributed by atoms with van der Waals surface area (Å²) in [6.07, 6.45) is 4.16. The largest absolute Gasteiger partial charge is 0.352 e. The van der Waals surface area contributed by atoms with Gasteiger partial charge in [0.2, 0.25) is 5.91 Å². The van der Waals surface area contributed by atoms with Crippen molar-refractivity contribution in [2.24, 2.45) is 0 Å². The smallest absolute Gasteiger partial charge is 0.226 e. The van der Waals surface area contributed by atoms with Gasteiger partial charge in [-0.1, -0.05) is 34.1 Å². The summed E-state index contributed by atoms with van der Waals surface area (Å²) in [5.74, 6) is -0.0418. The number of amides is 1. The van der Waals surface area contributed by atoms with Gasteiger partial charge in [0.1, 0.15) is 0 Å². The van der Waals surface area contributed by atoms with Gasteiger partial charge in [0.15, 0.2) is 5.11 Å². The van der Waals surface area contributed by atoms with Crippen LogP contribution in [-0.2, 0) is 4.79 Å². The average Bonchev–Trinajstić information content (AvgIpc) is 3.50. The zero-order chi connectivity index (χ0) is 25.9. The van der Waals surface area contributed by atoms with Gasteiger partial charge < -0.3 is 20.1 Å². The lowest BCUT2D eigenvalue weighted by molar-refractivity contribution is -0.116. The van der Waals surface area contributed by atoms with E-state index in [4.69, 9.17) is 12.2 Å². The Balaban J connectivity index is 1.44. The number of aromatic nitrogens is 2. The van der Waals surface area contributed by atoms with E-state index in [-0.39, 0.29) is 18.0 Å². The van der Waals surface area contributed by atoms with E-state index in [2.05, 4.69) is 65.4 Å². The fourth-order valence-electron chi connectivity index (χ4n) is 4.75. The molecule has 0 aliphatic carbocycles. The fraction of sp³-hybridized carbons (Fsp3) is 0.207. The number of aryl methyl sites for hydroxylation is 2. The van der Waals surface area contributed by atoms with Crippen molar-refractivity contribution in [2.75, 3.05) is 11.9 Å². The Labute approximate surface area is 230 Å². The molecule has 1 aliphatic heterocycles. The van der Waals surface area contributed by atoms with Crippen molar-refractivity contribution in [1.82, 2.24) is 19.8 Å². The van der Waals surface area contributed by atoms with Crippen LogP contribution in [0.3, 0.4) is 0 Å². The summed E-state index contributed by atoms with van der Waals surface area (Å²) < 4.78 is 3.20. The van der Waals surface area contributed by atoms with Gasteiger partial charge in [0.25, 0.3) is 0 Å². The van der Waals surface area contributed by atoms with E-state index < -0.39 is 0 Å². The Morgan fingerprint density at radius 1 is 1.08 bits per heavy atom. The van der Waals surface area contributed by atoms with Crippen molar-refractivity contribution >= 4 is 44.9 Å². The lowest BCUT2D eigenvalue weighted by Gasteiger charge is -2.29. The molecule has 2 aromatic carbocycles. The van der Waals surface area contributed by atoms with Gasteiger partial charge in [0.05, 0.1) is 17.8 Å². The third-order valence-electron chi connectivity index (χ3n) is 6.63. The predicted octanol–water partition coefficient (Wildman–Crippen LogP) is 6.25. The first kappa shape index (κ1) is 25.2. The topological polar surface area (TPSA) is 62.2 Å². The van der Waals surface area contributed by atoms with E-state index in [9.17, 15) is 4.79 Å². The first-order valence-corrected chi connectivity index (χ1v) is 13.4. The maximum atomic E-state index is 13.0. The minimum atomic E-state index is -0.153. The molecule has 188 valence electrons. The summed E-state index contributed by atoms with van der Waals surface area (Å²) in [6.45, 7) is 4.49. The summed E-state index contributed by atoms with van der Waals surface area (Å²) in [5.41, 5.74) is 6.02. The minimum Gasteiger partial charge on any atom is -0.352 e. The Bertz CT molecular complexity index is 1420. The van der Waals surface area contributed by atoms with Crippen molar-refractivity contribution in [3.05, 3.63) is 112 Å². The summed E-state index contributed by atoms with van der Waals surface area (Å²) in [7, 11) is 0. The maximum absolute atomic E-state index is 13.0. The van der Waals surface area contributed by atoms with Gasteiger partial charge in [-0.3, -0.25) is 9.78 Å².